The van der Waals surface area contributed by atoms with Crippen molar-refractivity contribution >= 4 is 5.91 Å². The molecule has 0 saturated heterocycles. The zero-order chi connectivity index (χ0) is 13.0. The molecule has 0 radical (unpaired) electrons. The van der Waals surface area contributed by atoms with Gasteiger partial charge in [0.15, 0.2) is 5.82 Å². The summed E-state index contributed by atoms with van der Waals surface area (Å²) in [5.41, 5.74) is 0. The smallest absolute Gasteiger partial charge is 0.234 e. The van der Waals surface area contributed by atoms with Crippen molar-refractivity contribution in [2.24, 2.45) is 7.05 Å². The van der Waals surface area contributed by atoms with E-state index in [1.807, 2.05) is 18.5 Å². The summed E-state index contributed by atoms with van der Waals surface area (Å²) in [6.07, 6.45) is 6.55. The predicted molar refractivity (Wildman–Crippen MR) is 67.8 cm³/mol. The molecule has 0 aromatic carbocycles. The van der Waals surface area contributed by atoms with Crippen molar-refractivity contribution in [3.63, 3.8) is 0 Å². The molecular weight excluding hydrogens is 230 g/mol. The quantitative estimate of drug-likeness (QED) is 0.800. The summed E-state index contributed by atoms with van der Waals surface area (Å²) in [5.74, 6) is 0.779. The minimum atomic E-state index is -0.115. The highest BCUT2D eigenvalue weighted by molar-refractivity contribution is 5.78. The van der Waals surface area contributed by atoms with Crippen LogP contribution < -0.4 is 10.6 Å². The Kier molecular flexibility index (Phi) is 4.30. The lowest BCUT2D eigenvalue weighted by Crippen LogP contribution is -2.39. The second-order valence-electron chi connectivity index (χ2n) is 4.95. The topological polar surface area (TPSA) is 71.8 Å². The van der Waals surface area contributed by atoms with Crippen LogP contribution in [0.4, 0.5) is 0 Å². The number of carbonyl (C=O) groups is 1. The fourth-order valence-electron chi connectivity index (χ4n) is 2.41. The summed E-state index contributed by atoms with van der Waals surface area (Å²) >= 11 is 0. The Labute approximate surface area is 107 Å². The van der Waals surface area contributed by atoms with Crippen LogP contribution >= 0.6 is 0 Å². The Morgan fingerprint density at radius 2 is 2.28 bits per heavy atom. The summed E-state index contributed by atoms with van der Waals surface area (Å²) in [7, 11) is 1.87. The first-order valence-electron chi connectivity index (χ1n) is 6.53. The van der Waals surface area contributed by atoms with Crippen LogP contribution in [0.5, 0.6) is 0 Å². The van der Waals surface area contributed by atoms with Crippen LogP contribution in [-0.2, 0) is 11.8 Å². The highest BCUT2D eigenvalue weighted by Crippen LogP contribution is 2.17. The SMILES string of the molecule is CC(NC(=O)CNC1CCCC1)c1nncn1C. The van der Waals surface area contributed by atoms with Crippen LogP contribution in [0.2, 0.25) is 0 Å². The van der Waals surface area contributed by atoms with E-state index in [1.54, 1.807) is 6.33 Å². The molecule has 1 aliphatic rings. The Morgan fingerprint density at radius 3 is 2.89 bits per heavy atom. The third kappa shape index (κ3) is 3.29. The fraction of sp³-hybridized carbons (Fsp3) is 0.750. The fourth-order valence-corrected chi connectivity index (χ4v) is 2.41. The monoisotopic (exact) mass is 251 g/mol. The van der Waals surface area contributed by atoms with Crippen molar-refractivity contribution in [2.45, 2.75) is 44.7 Å². The first-order valence-corrected chi connectivity index (χ1v) is 6.53. The highest BCUT2D eigenvalue weighted by atomic mass is 16.2. The number of hydrogen-bond donors (Lipinski definition) is 2. The van der Waals surface area contributed by atoms with E-state index < -0.39 is 0 Å². The Bertz CT molecular complexity index is 397. The van der Waals surface area contributed by atoms with Gasteiger partial charge in [0.2, 0.25) is 5.91 Å². The average Bonchev–Trinajstić information content (AvgIpc) is 2.97. The maximum atomic E-state index is 11.8. The molecule has 1 heterocycles. The molecule has 0 spiro atoms. The largest absolute Gasteiger partial charge is 0.345 e. The number of rotatable bonds is 5. The lowest BCUT2D eigenvalue weighted by Gasteiger charge is -2.15. The molecule has 6 heteroatoms. The summed E-state index contributed by atoms with van der Waals surface area (Å²) in [6, 6.07) is 0.399. The number of nitrogens with zero attached hydrogens (tertiary/aromatic N) is 3. The first-order chi connectivity index (χ1) is 8.66. The minimum absolute atomic E-state index is 0.0115. The molecule has 18 heavy (non-hydrogen) atoms. The van der Waals surface area contributed by atoms with Gasteiger partial charge in [-0.1, -0.05) is 12.8 Å². The van der Waals surface area contributed by atoms with Crippen LogP contribution in [0, 0.1) is 0 Å². The molecule has 2 rings (SSSR count). The molecule has 1 saturated carbocycles. The number of amides is 1. The van der Waals surface area contributed by atoms with Crippen molar-refractivity contribution < 1.29 is 4.79 Å². The van der Waals surface area contributed by atoms with Gasteiger partial charge < -0.3 is 15.2 Å². The van der Waals surface area contributed by atoms with Crippen molar-refractivity contribution in [3.8, 4) is 0 Å². The number of aryl methyl sites for hydroxylation is 1. The van der Waals surface area contributed by atoms with Crippen molar-refractivity contribution in [1.82, 2.24) is 25.4 Å². The maximum absolute atomic E-state index is 11.8. The van der Waals surface area contributed by atoms with Gasteiger partial charge in [-0.15, -0.1) is 10.2 Å². The van der Waals surface area contributed by atoms with E-state index in [4.69, 9.17) is 0 Å². The molecule has 1 atom stereocenters. The van der Waals surface area contributed by atoms with E-state index in [0.29, 0.717) is 12.6 Å². The van der Waals surface area contributed by atoms with E-state index in [2.05, 4.69) is 20.8 Å². The van der Waals surface area contributed by atoms with Gasteiger partial charge in [0.1, 0.15) is 6.33 Å². The molecule has 1 fully saturated rings. The zero-order valence-electron chi connectivity index (χ0n) is 11.0. The standard InChI is InChI=1S/C12H21N5O/c1-9(12-16-14-8-17(12)2)15-11(18)7-13-10-5-3-4-6-10/h8-10,13H,3-7H2,1-2H3,(H,15,18). The van der Waals surface area contributed by atoms with Gasteiger partial charge in [-0.2, -0.15) is 0 Å². The van der Waals surface area contributed by atoms with E-state index in [-0.39, 0.29) is 11.9 Å². The van der Waals surface area contributed by atoms with Gasteiger partial charge in [0.25, 0.3) is 0 Å². The van der Waals surface area contributed by atoms with E-state index in [0.717, 1.165) is 5.82 Å². The Balaban J connectivity index is 1.75. The van der Waals surface area contributed by atoms with Gasteiger partial charge in [0.05, 0.1) is 12.6 Å². The Hall–Kier alpha value is -1.43. The van der Waals surface area contributed by atoms with Crippen LogP contribution in [0.1, 0.15) is 44.5 Å². The van der Waals surface area contributed by atoms with Gasteiger partial charge >= 0.3 is 0 Å². The summed E-state index contributed by atoms with van der Waals surface area (Å²) in [6.45, 7) is 2.30. The highest BCUT2D eigenvalue weighted by Gasteiger charge is 2.17. The molecule has 1 aromatic heterocycles. The molecule has 1 amide bonds. The summed E-state index contributed by atoms with van der Waals surface area (Å²) in [5, 5.41) is 14.0. The first kappa shape index (κ1) is 13.0. The van der Waals surface area contributed by atoms with E-state index >= 15 is 0 Å². The molecule has 1 unspecified atom stereocenters. The molecular formula is C12H21N5O. The summed E-state index contributed by atoms with van der Waals surface area (Å²) < 4.78 is 1.81. The lowest BCUT2D eigenvalue weighted by atomic mass is 10.2. The van der Waals surface area contributed by atoms with E-state index in [9.17, 15) is 4.79 Å². The number of hydrogen-bond acceptors (Lipinski definition) is 4. The van der Waals surface area contributed by atoms with Crippen LogP contribution in [0.3, 0.4) is 0 Å². The summed E-state index contributed by atoms with van der Waals surface area (Å²) in [4.78, 5) is 11.8. The van der Waals surface area contributed by atoms with Gasteiger partial charge in [-0.3, -0.25) is 4.79 Å². The zero-order valence-corrected chi connectivity index (χ0v) is 11.0. The van der Waals surface area contributed by atoms with Gasteiger partial charge in [-0.05, 0) is 19.8 Å². The second-order valence-corrected chi connectivity index (χ2v) is 4.95. The van der Waals surface area contributed by atoms with Gasteiger partial charge in [0, 0.05) is 13.1 Å². The lowest BCUT2D eigenvalue weighted by molar-refractivity contribution is -0.121. The van der Waals surface area contributed by atoms with Crippen molar-refractivity contribution in [3.05, 3.63) is 12.2 Å². The molecule has 2 N–H and O–H groups in total. The van der Waals surface area contributed by atoms with Crippen LogP contribution in [0.15, 0.2) is 6.33 Å². The maximum Gasteiger partial charge on any atom is 0.234 e. The Morgan fingerprint density at radius 1 is 1.56 bits per heavy atom. The third-order valence-corrected chi connectivity index (χ3v) is 3.42. The van der Waals surface area contributed by atoms with Crippen LogP contribution in [0.25, 0.3) is 0 Å². The molecule has 0 aliphatic heterocycles. The average molecular weight is 251 g/mol. The van der Waals surface area contributed by atoms with Gasteiger partial charge in [-0.25, -0.2) is 0 Å². The normalized spacial score (nSPS) is 17.9. The third-order valence-electron chi connectivity index (χ3n) is 3.42. The molecule has 6 nitrogen and oxygen atoms in total. The number of nitrogens with one attached hydrogen (secondary N) is 2. The number of carbonyl (C=O) groups excluding carboxylic acids is 1. The van der Waals surface area contributed by atoms with Crippen molar-refractivity contribution in [2.75, 3.05) is 6.54 Å². The molecule has 1 aromatic rings. The second kappa shape index (κ2) is 5.95. The minimum Gasteiger partial charge on any atom is -0.345 e. The molecule has 0 bridgehead atoms. The molecule has 1 aliphatic carbocycles. The van der Waals surface area contributed by atoms with Crippen LogP contribution in [-0.4, -0.2) is 33.3 Å². The predicted octanol–water partition coefficient (Wildman–Crippen LogP) is 0.524. The van der Waals surface area contributed by atoms with E-state index in [1.165, 1.54) is 25.7 Å². The molecule has 100 valence electrons. The van der Waals surface area contributed by atoms with Crippen molar-refractivity contribution in [1.29, 1.82) is 0 Å². The number of aromatic nitrogens is 3.